The van der Waals surface area contributed by atoms with E-state index in [0.29, 0.717) is 28.0 Å². The van der Waals surface area contributed by atoms with E-state index in [9.17, 15) is 4.79 Å². The summed E-state index contributed by atoms with van der Waals surface area (Å²) in [5.41, 5.74) is 1.50. The van der Waals surface area contributed by atoms with Crippen molar-refractivity contribution in [3.8, 4) is 0 Å². The fraction of sp³-hybridized carbons (Fsp3) is 0.0667. The molecule has 1 amide bonds. The third kappa shape index (κ3) is 3.32. The van der Waals surface area contributed by atoms with E-state index < -0.39 is 0 Å². The summed E-state index contributed by atoms with van der Waals surface area (Å²) in [5, 5.41) is 11.9. The Morgan fingerprint density at radius 2 is 2.14 bits per heavy atom. The molecule has 3 rings (SSSR count). The fourth-order valence-electron chi connectivity index (χ4n) is 1.96. The van der Waals surface area contributed by atoms with Crippen molar-refractivity contribution in [1.82, 2.24) is 9.78 Å². The molecule has 112 valence electrons. The van der Waals surface area contributed by atoms with E-state index in [2.05, 4.69) is 10.4 Å². The molecule has 0 unspecified atom stereocenters. The van der Waals surface area contributed by atoms with Crippen molar-refractivity contribution in [3.63, 3.8) is 0 Å². The first-order valence-corrected chi connectivity index (χ1v) is 8.12. The predicted molar refractivity (Wildman–Crippen MR) is 90.1 cm³/mol. The number of hydrogen-bond acceptors (Lipinski definition) is 3. The molecule has 22 heavy (non-hydrogen) atoms. The summed E-state index contributed by atoms with van der Waals surface area (Å²) in [7, 11) is 0. The average molecular weight is 352 g/mol. The summed E-state index contributed by atoms with van der Waals surface area (Å²) in [6, 6.07) is 8.82. The maximum atomic E-state index is 12.1. The number of thiophene rings is 1. The number of halogens is 2. The molecule has 4 nitrogen and oxygen atoms in total. The van der Waals surface area contributed by atoms with Crippen LogP contribution in [-0.4, -0.2) is 15.7 Å². The highest BCUT2D eigenvalue weighted by Crippen LogP contribution is 2.23. The zero-order valence-corrected chi connectivity index (χ0v) is 13.6. The molecule has 0 aliphatic carbocycles. The van der Waals surface area contributed by atoms with E-state index in [1.165, 1.54) is 11.3 Å². The second-order valence-corrected chi connectivity index (χ2v) is 6.20. The van der Waals surface area contributed by atoms with Gasteiger partial charge in [0.05, 0.1) is 18.3 Å². The van der Waals surface area contributed by atoms with Crippen LogP contribution in [0.15, 0.2) is 47.3 Å². The van der Waals surface area contributed by atoms with Crippen LogP contribution in [0.2, 0.25) is 10.0 Å². The van der Waals surface area contributed by atoms with Gasteiger partial charge in [0, 0.05) is 21.5 Å². The number of carbonyl (C=O) groups is 1. The summed E-state index contributed by atoms with van der Waals surface area (Å²) in [6.45, 7) is 0.447. The molecule has 2 heterocycles. The van der Waals surface area contributed by atoms with E-state index in [1.807, 2.05) is 11.4 Å². The molecular weight excluding hydrogens is 341 g/mol. The minimum absolute atomic E-state index is 0.162. The molecule has 0 spiro atoms. The van der Waals surface area contributed by atoms with Crippen molar-refractivity contribution in [3.05, 3.63) is 68.5 Å². The van der Waals surface area contributed by atoms with E-state index in [1.54, 1.807) is 40.5 Å². The first-order valence-electron chi connectivity index (χ1n) is 6.43. The van der Waals surface area contributed by atoms with Gasteiger partial charge in [-0.15, -0.1) is 0 Å². The number of amides is 1. The molecule has 0 aliphatic heterocycles. The van der Waals surface area contributed by atoms with Crippen molar-refractivity contribution in [2.45, 2.75) is 6.54 Å². The monoisotopic (exact) mass is 351 g/mol. The molecule has 2 aromatic heterocycles. The van der Waals surface area contributed by atoms with Crippen molar-refractivity contribution in [1.29, 1.82) is 0 Å². The minimum Gasteiger partial charge on any atom is -0.307 e. The van der Waals surface area contributed by atoms with Gasteiger partial charge in [-0.2, -0.15) is 16.4 Å². The molecule has 0 fully saturated rings. The van der Waals surface area contributed by atoms with Gasteiger partial charge in [0.2, 0.25) is 0 Å². The topological polar surface area (TPSA) is 46.9 Å². The molecule has 3 aromatic rings. The van der Waals surface area contributed by atoms with Gasteiger partial charge in [0.25, 0.3) is 5.91 Å². The third-order valence-corrected chi connectivity index (χ3v) is 4.35. The third-order valence-electron chi connectivity index (χ3n) is 3.08. The quantitative estimate of drug-likeness (QED) is 0.749. The van der Waals surface area contributed by atoms with E-state index in [0.717, 1.165) is 5.56 Å². The summed E-state index contributed by atoms with van der Waals surface area (Å²) in [6.07, 6.45) is 1.63. The Bertz CT molecular complexity index is 799. The molecule has 0 bridgehead atoms. The predicted octanol–water partition coefficient (Wildman–Crippen LogP) is 4.55. The zero-order chi connectivity index (χ0) is 15.5. The Morgan fingerprint density at radius 1 is 1.27 bits per heavy atom. The van der Waals surface area contributed by atoms with E-state index in [-0.39, 0.29) is 5.91 Å². The number of anilines is 1. The number of nitrogens with zero attached hydrogens (tertiary/aromatic N) is 2. The molecule has 0 saturated heterocycles. The van der Waals surface area contributed by atoms with Crippen LogP contribution in [0, 0.1) is 0 Å². The van der Waals surface area contributed by atoms with Gasteiger partial charge in [-0.25, -0.2) is 4.68 Å². The van der Waals surface area contributed by atoms with Crippen molar-refractivity contribution >= 4 is 46.3 Å². The van der Waals surface area contributed by atoms with Crippen LogP contribution in [0.5, 0.6) is 0 Å². The lowest BCUT2D eigenvalue weighted by molar-refractivity contribution is 0.102. The van der Waals surface area contributed by atoms with Gasteiger partial charge in [-0.3, -0.25) is 4.79 Å². The Kier molecular flexibility index (Phi) is 4.47. The van der Waals surface area contributed by atoms with Crippen LogP contribution in [0.3, 0.4) is 0 Å². The second kappa shape index (κ2) is 6.52. The largest absolute Gasteiger partial charge is 0.307 e. The Morgan fingerprint density at radius 3 is 2.86 bits per heavy atom. The fourth-order valence-corrected chi connectivity index (χ4v) is 3.06. The van der Waals surface area contributed by atoms with Crippen molar-refractivity contribution in [2.75, 3.05) is 5.32 Å². The number of carbonyl (C=O) groups excluding carboxylic acids is 1. The SMILES string of the molecule is O=C(Nc1ccnn1Cc1ccc(Cl)cc1Cl)c1ccsc1. The van der Waals surface area contributed by atoms with Gasteiger partial charge < -0.3 is 5.32 Å². The van der Waals surface area contributed by atoms with Crippen molar-refractivity contribution < 1.29 is 4.79 Å². The summed E-state index contributed by atoms with van der Waals surface area (Å²) < 4.78 is 1.68. The lowest BCUT2D eigenvalue weighted by Crippen LogP contribution is -2.15. The molecule has 0 saturated carbocycles. The van der Waals surface area contributed by atoms with Gasteiger partial charge in [-0.05, 0) is 29.1 Å². The Hall–Kier alpha value is -1.82. The van der Waals surface area contributed by atoms with Crippen LogP contribution in [0.25, 0.3) is 0 Å². The number of nitrogens with one attached hydrogen (secondary N) is 1. The molecule has 0 radical (unpaired) electrons. The smallest absolute Gasteiger partial charge is 0.257 e. The first kappa shape index (κ1) is 15.1. The van der Waals surface area contributed by atoms with Gasteiger partial charge in [0.1, 0.15) is 5.82 Å². The number of hydrogen-bond donors (Lipinski definition) is 1. The van der Waals surface area contributed by atoms with E-state index in [4.69, 9.17) is 23.2 Å². The summed E-state index contributed by atoms with van der Waals surface area (Å²) in [4.78, 5) is 12.1. The molecule has 0 aliphatic rings. The molecule has 0 atom stereocenters. The molecule has 1 N–H and O–H groups in total. The van der Waals surface area contributed by atoms with Gasteiger partial charge in [-0.1, -0.05) is 29.3 Å². The average Bonchev–Trinajstić information content (AvgIpc) is 3.14. The second-order valence-electron chi connectivity index (χ2n) is 4.58. The van der Waals surface area contributed by atoms with Crippen LogP contribution >= 0.6 is 34.5 Å². The van der Waals surface area contributed by atoms with Crippen LogP contribution in [0.4, 0.5) is 5.82 Å². The lowest BCUT2D eigenvalue weighted by Gasteiger charge is -2.10. The van der Waals surface area contributed by atoms with Crippen LogP contribution in [0.1, 0.15) is 15.9 Å². The Labute approximate surface area is 141 Å². The highest BCUT2D eigenvalue weighted by atomic mass is 35.5. The lowest BCUT2D eigenvalue weighted by atomic mass is 10.2. The molecule has 7 heteroatoms. The highest BCUT2D eigenvalue weighted by Gasteiger charge is 2.11. The number of benzene rings is 1. The summed E-state index contributed by atoms with van der Waals surface area (Å²) >= 11 is 13.5. The van der Waals surface area contributed by atoms with Gasteiger partial charge in [0.15, 0.2) is 0 Å². The number of aromatic nitrogens is 2. The summed E-state index contributed by atoms with van der Waals surface area (Å²) in [5.74, 6) is 0.451. The Balaban J connectivity index is 1.79. The number of rotatable bonds is 4. The maximum Gasteiger partial charge on any atom is 0.257 e. The highest BCUT2D eigenvalue weighted by molar-refractivity contribution is 7.08. The van der Waals surface area contributed by atoms with Gasteiger partial charge >= 0.3 is 0 Å². The van der Waals surface area contributed by atoms with Crippen molar-refractivity contribution in [2.24, 2.45) is 0 Å². The van der Waals surface area contributed by atoms with Crippen LogP contribution < -0.4 is 5.32 Å². The maximum absolute atomic E-state index is 12.1. The van der Waals surface area contributed by atoms with E-state index >= 15 is 0 Å². The minimum atomic E-state index is -0.162. The zero-order valence-electron chi connectivity index (χ0n) is 11.3. The standard InChI is InChI=1S/C15H11Cl2N3OS/c16-12-2-1-10(13(17)7-12)8-20-14(3-5-18-20)19-15(21)11-4-6-22-9-11/h1-7,9H,8H2,(H,19,21). The first-order chi connectivity index (χ1) is 10.6. The molecular formula is C15H11Cl2N3OS. The van der Waals surface area contributed by atoms with Crippen LogP contribution in [-0.2, 0) is 6.54 Å². The normalized spacial score (nSPS) is 10.6. The molecule has 1 aromatic carbocycles.